The molecular formula is C16H11BrClNO2. The maximum Gasteiger partial charge on any atom is 0.139 e. The molecule has 2 aromatic rings. The van der Waals surface area contributed by atoms with Crippen LogP contribution in [0.2, 0.25) is 5.02 Å². The molecule has 0 saturated heterocycles. The number of ether oxygens (including phenoxy) is 2. The van der Waals surface area contributed by atoms with E-state index in [4.69, 9.17) is 26.3 Å². The molecule has 0 atom stereocenters. The monoisotopic (exact) mass is 363 g/mol. The van der Waals surface area contributed by atoms with Crippen molar-refractivity contribution in [2.45, 2.75) is 13.0 Å². The minimum absolute atomic E-state index is 0.330. The third-order valence-electron chi connectivity index (χ3n) is 3.27. The van der Waals surface area contributed by atoms with E-state index in [9.17, 15) is 0 Å². The SMILES string of the molecule is N#Cc1ccc(Cl)cc1OCc1cc(Br)cc2c1OCC2. The number of fused-ring (bicyclic) bond motifs is 1. The Morgan fingerprint density at radius 3 is 3.00 bits per heavy atom. The summed E-state index contributed by atoms with van der Waals surface area (Å²) in [5.74, 6) is 1.37. The number of hydrogen-bond acceptors (Lipinski definition) is 3. The van der Waals surface area contributed by atoms with Crippen LogP contribution in [0.3, 0.4) is 0 Å². The summed E-state index contributed by atoms with van der Waals surface area (Å²) in [6, 6.07) is 11.1. The summed E-state index contributed by atoms with van der Waals surface area (Å²) in [5, 5.41) is 9.64. The van der Waals surface area contributed by atoms with E-state index >= 15 is 0 Å². The van der Waals surface area contributed by atoms with Crippen molar-refractivity contribution in [3.05, 3.63) is 56.5 Å². The largest absolute Gasteiger partial charge is 0.493 e. The second kappa shape index (κ2) is 5.97. The van der Waals surface area contributed by atoms with E-state index in [1.807, 2.05) is 6.07 Å². The van der Waals surface area contributed by atoms with Gasteiger partial charge in [0, 0.05) is 27.5 Å². The summed E-state index contributed by atoms with van der Waals surface area (Å²) in [6.07, 6.45) is 0.905. The van der Waals surface area contributed by atoms with Gasteiger partial charge in [0.25, 0.3) is 0 Å². The number of nitriles is 1. The standard InChI is InChI=1S/C16H11BrClNO2/c17-13-5-10-3-4-20-16(10)12(6-13)9-21-15-7-14(18)2-1-11(15)8-19/h1-2,5-7H,3-4,9H2. The third kappa shape index (κ3) is 2.99. The molecule has 106 valence electrons. The fraction of sp³-hybridized carbons (Fsp3) is 0.188. The fourth-order valence-electron chi connectivity index (χ4n) is 2.32. The zero-order valence-corrected chi connectivity index (χ0v) is 13.4. The Bertz CT molecular complexity index is 740. The van der Waals surface area contributed by atoms with Crippen LogP contribution in [0.5, 0.6) is 11.5 Å². The van der Waals surface area contributed by atoms with E-state index in [1.165, 1.54) is 5.56 Å². The summed E-state index contributed by atoms with van der Waals surface area (Å²) >= 11 is 9.45. The van der Waals surface area contributed by atoms with Crippen LogP contribution in [0, 0.1) is 11.3 Å². The van der Waals surface area contributed by atoms with Crippen molar-refractivity contribution in [3.8, 4) is 17.6 Å². The molecule has 1 heterocycles. The summed E-state index contributed by atoms with van der Waals surface area (Å²) in [6.45, 7) is 1.02. The van der Waals surface area contributed by atoms with Gasteiger partial charge >= 0.3 is 0 Å². The second-order valence-electron chi connectivity index (χ2n) is 4.69. The van der Waals surface area contributed by atoms with Crippen LogP contribution in [0.15, 0.2) is 34.8 Å². The number of halogens is 2. The van der Waals surface area contributed by atoms with Gasteiger partial charge in [0.1, 0.15) is 24.2 Å². The Balaban J connectivity index is 1.86. The maximum absolute atomic E-state index is 9.10. The van der Waals surface area contributed by atoms with E-state index in [0.29, 0.717) is 29.5 Å². The van der Waals surface area contributed by atoms with Gasteiger partial charge in [-0.05, 0) is 29.8 Å². The van der Waals surface area contributed by atoms with Crippen molar-refractivity contribution >= 4 is 27.5 Å². The first-order valence-electron chi connectivity index (χ1n) is 6.44. The molecule has 2 aromatic carbocycles. The molecule has 1 aliphatic heterocycles. The lowest BCUT2D eigenvalue weighted by Gasteiger charge is -2.12. The lowest BCUT2D eigenvalue weighted by Crippen LogP contribution is -2.00. The van der Waals surface area contributed by atoms with Crippen molar-refractivity contribution in [2.24, 2.45) is 0 Å². The quantitative estimate of drug-likeness (QED) is 0.806. The van der Waals surface area contributed by atoms with E-state index in [2.05, 4.69) is 28.1 Å². The highest BCUT2D eigenvalue weighted by Crippen LogP contribution is 2.34. The van der Waals surface area contributed by atoms with E-state index < -0.39 is 0 Å². The molecule has 0 amide bonds. The van der Waals surface area contributed by atoms with E-state index in [0.717, 1.165) is 22.2 Å². The molecule has 5 heteroatoms. The van der Waals surface area contributed by atoms with Crippen molar-refractivity contribution < 1.29 is 9.47 Å². The Kier molecular flexibility index (Phi) is 4.05. The van der Waals surface area contributed by atoms with E-state index in [-0.39, 0.29) is 0 Å². The number of benzene rings is 2. The predicted octanol–water partition coefficient (Wildman–Crippen LogP) is 4.49. The molecule has 3 nitrogen and oxygen atoms in total. The molecule has 0 aromatic heterocycles. The van der Waals surface area contributed by atoms with Gasteiger partial charge in [-0.25, -0.2) is 0 Å². The fourth-order valence-corrected chi connectivity index (χ4v) is 3.03. The molecule has 0 radical (unpaired) electrons. The molecule has 0 N–H and O–H groups in total. The van der Waals surface area contributed by atoms with Crippen molar-refractivity contribution in [2.75, 3.05) is 6.61 Å². The molecule has 0 fully saturated rings. The zero-order valence-electron chi connectivity index (χ0n) is 11.0. The van der Waals surface area contributed by atoms with Gasteiger partial charge in [0.2, 0.25) is 0 Å². The van der Waals surface area contributed by atoms with Crippen LogP contribution >= 0.6 is 27.5 Å². The van der Waals surface area contributed by atoms with Crippen molar-refractivity contribution in [1.29, 1.82) is 5.26 Å². The number of hydrogen-bond donors (Lipinski definition) is 0. The Labute approximate surface area is 136 Å². The molecule has 0 bridgehead atoms. The third-order valence-corrected chi connectivity index (χ3v) is 3.97. The topological polar surface area (TPSA) is 42.2 Å². The molecule has 21 heavy (non-hydrogen) atoms. The van der Waals surface area contributed by atoms with Crippen LogP contribution in [0.25, 0.3) is 0 Å². The van der Waals surface area contributed by atoms with Crippen LogP contribution in [0.1, 0.15) is 16.7 Å². The molecule has 0 aliphatic carbocycles. The molecular weight excluding hydrogens is 354 g/mol. The Hall–Kier alpha value is -1.70. The first-order valence-corrected chi connectivity index (χ1v) is 7.61. The highest BCUT2D eigenvalue weighted by Gasteiger charge is 2.18. The minimum Gasteiger partial charge on any atom is -0.493 e. The van der Waals surface area contributed by atoms with Gasteiger partial charge in [0.15, 0.2) is 0 Å². The van der Waals surface area contributed by atoms with Crippen molar-refractivity contribution in [3.63, 3.8) is 0 Å². The molecule has 0 unspecified atom stereocenters. The summed E-state index contributed by atoms with van der Waals surface area (Å²) < 4.78 is 12.4. The molecule has 3 rings (SSSR count). The molecule has 0 spiro atoms. The minimum atomic E-state index is 0.330. The van der Waals surface area contributed by atoms with Crippen LogP contribution in [-0.2, 0) is 13.0 Å². The van der Waals surface area contributed by atoms with Gasteiger partial charge in [0.05, 0.1) is 12.2 Å². The average molecular weight is 365 g/mol. The Morgan fingerprint density at radius 1 is 1.33 bits per heavy atom. The first-order chi connectivity index (χ1) is 10.2. The maximum atomic E-state index is 9.10. The van der Waals surface area contributed by atoms with Gasteiger partial charge in [-0.3, -0.25) is 0 Å². The smallest absolute Gasteiger partial charge is 0.139 e. The lowest BCUT2D eigenvalue weighted by atomic mass is 10.1. The van der Waals surface area contributed by atoms with Gasteiger partial charge in [-0.15, -0.1) is 0 Å². The number of rotatable bonds is 3. The summed E-state index contributed by atoms with van der Waals surface area (Å²) in [4.78, 5) is 0. The second-order valence-corrected chi connectivity index (χ2v) is 6.04. The Morgan fingerprint density at radius 2 is 2.19 bits per heavy atom. The van der Waals surface area contributed by atoms with Gasteiger partial charge in [-0.2, -0.15) is 5.26 Å². The highest BCUT2D eigenvalue weighted by atomic mass is 79.9. The predicted molar refractivity (Wildman–Crippen MR) is 83.8 cm³/mol. The van der Waals surface area contributed by atoms with Gasteiger partial charge < -0.3 is 9.47 Å². The van der Waals surface area contributed by atoms with Crippen LogP contribution in [-0.4, -0.2) is 6.61 Å². The zero-order chi connectivity index (χ0) is 14.8. The summed E-state index contributed by atoms with van der Waals surface area (Å²) in [5.41, 5.74) is 2.60. The first kappa shape index (κ1) is 14.2. The molecule has 0 saturated carbocycles. The highest BCUT2D eigenvalue weighted by molar-refractivity contribution is 9.10. The normalized spacial score (nSPS) is 12.4. The summed E-state index contributed by atoms with van der Waals surface area (Å²) in [7, 11) is 0. The van der Waals surface area contributed by atoms with Crippen LogP contribution < -0.4 is 9.47 Å². The van der Waals surface area contributed by atoms with Crippen molar-refractivity contribution in [1.82, 2.24) is 0 Å². The van der Waals surface area contributed by atoms with E-state index in [1.54, 1.807) is 18.2 Å². The lowest BCUT2D eigenvalue weighted by molar-refractivity contribution is 0.291. The molecule has 1 aliphatic rings. The van der Waals surface area contributed by atoms with Crippen LogP contribution in [0.4, 0.5) is 0 Å². The average Bonchev–Trinajstić information content (AvgIpc) is 2.93. The van der Waals surface area contributed by atoms with Gasteiger partial charge in [-0.1, -0.05) is 27.5 Å². The number of nitrogens with zero attached hydrogens (tertiary/aromatic N) is 1.